The lowest BCUT2D eigenvalue weighted by Gasteiger charge is -2.21. The summed E-state index contributed by atoms with van der Waals surface area (Å²) in [5.74, 6) is 4.69. The van der Waals surface area contributed by atoms with Crippen LogP contribution in [0.25, 0.3) is 0 Å². The van der Waals surface area contributed by atoms with Crippen LogP contribution < -0.4 is 15.4 Å². The Morgan fingerprint density at radius 2 is 2.03 bits per heavy atom. The molecule has 1 unspecified atom stereocenters. The second-order valence-electron chi connectivity index (χ2n) is 8.04. The van der Waals surface area contributed by atoms with E-state index in [2.05, 4.69) is 23.5 Å². The molecule has 162 valence electrons. The van der Waals surface area contributed by atoms with Crippen LogP contribution in [0, 0.1) is 18.3 Å². The number of nitrogens with one attached hydrogen (secondary N) is 2. The normalized spacial score (nSPS) is 19.5. The quantitative estimate of drug-likeness (QED) is 0.393. The summed E-state index contributed by atoms with van der Waals surface area (Å²) in [4.78, 5) is 19.4. The van der Waals surface area contributed by atoms with Crippen molar-refractivity contribution >= 4 is 11.9 Å². The summed E-state index contributed by atoms with van der Waals surface area (Å²) < 4.78 is 5.41. The Labute approximate surface area is 180 Å². The molecule has 3 rings (SSSR count). The van der Waals surface area contributed by atoms with Gasteiger partial charge in [-0.2, -0.15) is 0 Å². The molecular formula is C24H34N4O2. The maximum absolute atomic E-state index is 12.6. The predicted octanol–water partition coefficient (Wildman–Crippen LogP) is 2.59. The second-order valence-corrected chi connectivity index (χ2v) is 8.04. The van der Waals surface area contributed by atoms with Crippen molar-refractivity contribution < 1.29 is 9.53 Å². The van der Waals surface area contributed by atoms with Gasteiger partial charge in [-0.3, -0.25) is 9.79 Å². The molecule has 0 bridgehead atoms. The number of rotatable bonds is 8. The standard InChI is InChI=1S/C24H34N4O2/c1-3-17-30-22-11-9-19(10-12-22)13-15-26-24(25-4-2)27-21-14-16-28(18-21)23(29)20-7-5-6-8-20/h1,9-12,20-21H,4-8,13-18H2,2H3,(H2,25,26,27). The van der Waals surface area contributed by atoms with Crippen LogP contribution in [0.4, 0.5) is 0 Å². The first-order chi connectivity index (χ1) is 14.7. The highest BCUT2D eigenvalue weighted by atomic mass is 16.5. The minimum Gasteiger partial charge on any atom is -0.481 e. The van der Waals surface area contributed by atoms with Gasteiger partial charge in [-0.05, 0) is 50.3 Å². The molecule has 6 nitrogen and oxygen atoms in total. The lowest BCUT2D eigenvalue weighted by atomic mass is 10.1. The van der Waals surface area contributed by atoms with Crippen LogP contribution in [-0.2, 0) is 11.2 Å². The molecule has 0 spiro atoms. The van der Waals surface area contributed by atoms with Gasteiger partial charge >= 0.3 is 0 Å². The fraction of sp³-hybridized carbons (Fsp3) is 0.583. The molecule has 1 saturated heterocycles. The number of aliphatic imine (C=N–C) groups is 1. The Balaban J connectivity index is 1.46. The average Bonchev–Trinajstić information content (AvgIpc) is 3.45. The van der Waals surface area contributed by atoms with Crippen LogP contribution >= 0.6 is 0 Å². The Morgan fingerprint density at radius 3 is 2.73 bits per heavy atom. The number of ether oxygens (including phenoxy) is 1. The molecule has 0 radical (unpaired) electrons. The molecule has 2 fully saturated rings. The Hall–Kier alpha value is -2.68. The molecular weight excluding hydrogens is 376 g/mol. The van der Waals surface area contributed by atoms with Gasteiger partial charge in [-0.15, -0.1) is 6.42 Å². The van der Waals surface area contributed by atoms with Crippen LogP contribution in [0.3, 0.4) is 0 Å². The number of guanidine groups is 1. The Kier molecular flexibility index (Phi) is 8.43. The van der Waals surface area contributed by atoms with Gasteiger partial charge in [0.15, 0.2) is 5.96 Å². The third kappa shape index (κ3) is 6.41. The van der Waals surface area contributed by atoms with Crippen LogP contribution in [-0.4, -0.2) is 55.6 Å². The number of hydrogen-bond donors (Lipinski definition) is 2. The minimum atomic E-state index is 0.258. The highest BCUT2D eigenvalue weighted by Crippen LogP contribution is 2.27. The van der Waals surface area contributed by atoms with Gasteiger partial charge in [0.25, 0.3) is 0 Å². The first-order valence-corrected chi connectivity index (χ1v) is 11.2. The molecule has 1 aliphatic heterocycles. The largest absolute Gasteiger partial charge is 0.481 e. The van der Waals surface area contributed by atoms with Gasteiger partial charge in [-0.25, -0.2) is 0 Å². The van der Waals surface area contributed by atoms with Gasteiger partial charge in [0, 0.05) is 38.1 Å². The number of nitrogens with zero attached hydrogens (tertiary/aromatic N) is 2. The third-order valence-corrected chi connectivity index (χ3v) is 5.81. The fourth-order valence-electron chi connectivity index (χ4n) is 4.20. The second kappa shape index (κ2) is 11.5. The van der Waals surface area contributed by atoms with E-state index in [1.807, 2.05) is 29.2 Å². The molecule has 0 aromatic heterocycles. The molecule has 1 aliphatic carbocycles. The summed E-state index contributed by atoms with van der Waals surface area (Å²) in [5.41, 5.74) is 1.21. The van der Waals surface area contributed by atoms with Crippen molar-refractivity contribution in [3.05, 3.63) is 29.8 Å². The third-order valence-electron chi connectivity index (χ3n) is 5.81. The summed E-state index contributed by atoms with van der Waals surface area (Å²) >= 11 is 0. The SMILES string of the molecule is C#CCOc1ccc(CCN=C(NCC)NC2CCN(C(=O)C3CCCC3)C2)cc1. The van der Waals surface area contributed by atoms with Crippen LogP contribution in [0.5, 0.6) is 5.75 Å². The molecule has 6 heteroatoms. The van der Waals surface area contributed by atoms with Crippen molar-refractivity contribution in [1.82, 2.24) is 15.5 Å². The number of hydrogen-bond acceptors (Lipinski definition) is 3. The van der Waals surface area contributed by atoms with E-state index in [0.29, 0.717) is 12.5 Å². The summed E-state index contributed by atoms with van der Waals surface area (Å²) in [6, 6.07) is 8.24. The van der Waals surface area contributed by atoms with Crippen molar-refractivity contribution in [2.45, 2.75) is 51.5 Å². The van der Waals surface area contributed by atoms with E-state index >= 15 is 0 Å². The molecule has 1 aromatic rings. The van der Waals surface area contributed by atoms with Crippen molar-refractivity contribution in [2.75, 3.05) is 32.8 Å². The number of carbonyl (C=O) groups is 1. The van der Waals surface area contributed by atoms with Gasteiger partial charge in [0.1, 0.15) is 12.4 Å². The molecule has 1 aromatic carbocycles. The zero-order valence-corrected chi connectivity index (χ0v) is 18.0. The highest BCUT2D eigenvalue weighted by molar-refractivity contribution is 5.81. The smallest absolute Gasteiger partial charge is 0.225 e. The van der Waals surface area contributed by atoms with E-state index in [-0.39, 0.29) is 18.6 Å². The number of benzene rings is 1. The zero-order valence-electron chi connectivity index (χ0n) is 18.0. The van der Waals surface area contributed by atoms with E-state index in [1.54, 1.807) is 0 Å². The molecule has 2 aliphatic rings. The average molecular weight is 411 g/mol. The lowest BCUT2D eigenvalue weighted by molar-refractivity contribution is -0.134. The van der Waals surface area contributed by atoms with Gasteiger partial charge in [0.2, 0.25) is 5.91 Å². The van der Waals surface area contributed by atoms with Gasteiger partial charge in [0.05, 0.1) is 0 Å². The van der Waals surface area contributed by atoms with E-state index < -0.39 is 0 Å². The summed E-state index contributed by atoms with van der Waals surface area (Å²) in [7, 11) is 0. The fourth-order valence-corrected chi connectivity index (χ4v) is 4.20. The maximum atomic E-state index is 12.6. The molecule has 30 heavy (non-hydrogen) atoms. The summed E-state index contributed by atoms with van der Waals surface area (Å²) in [6.45, 7) is 5.48. The van der Waals surface area contributed by atoms with Gasteiger partial charge < -0.3 is 20.3 Å². The monoisotopic (exact) mass is 410 g/mol. The topological polar surface area (TPSA) is 66.0 Å². The number of terminal acetylenes is 1. The number of amides is 1. The zero-order chi connectivity index (χ0) is 21.2. The molecule has 2 N–H and O–H groups in total. The molecule has 1 saturated carbocycles. The number of carbonyl (C=O) groups excluding carboxylic acids is 1. The number of likely N-dealkylation sites (tertiary alicyclic amines) is 1. The lowest BCUT2D eigenvalue weighted by Crippen LogP contribution is -2.45. The molecule has 1 amide bonds. The molecule has 1 heterocycles. The van der Waals surface area contributed by atoms with Crippen LogP contribution in [0.15, 0.2) is 29.3 Å². The minimum absolute atomic E-state index is 0.258. The van der Waals surface area contributed by atoms with E-state index in [0.717, 1.165) is 57.0 Å². The van der Waals surface area contributed by atoms with Crippen molar-refractivity contribution in [3.8, 4) is 18.1 Å². The van der Waals surface area contributed by atoms with Gasteiger partial charge in [-0.1, -0.05) is 30.9 Å². The molecule has 1 atom stereocenters. The first-order valence-electron chi connectivity index (χ1n) is 11.2. The van der Waals surface area contributed by atoms with Crippen molar-refractivity contribution in [3.63, 3.8) is 0 Å². The van der Waals surface area contributed by atoms with Crippen molar-refractivity contribution in [2.24, 2.45) is 10.9 Å². The highest BCUT2D eigenvalue weighted by Gasteiger charge is 2.32. The Bertz CT molecular complexity index is 747. The van der Waals surface area contributed by atoms with E-state index in [1.165, 1.54) is 18.4 Å². The summed E-state index contributed by atoms with van der Waals surface area (Å²) in [5, 5.41) is 6.84. The first kappa shape index (κ1) is 22.0. The van der Waals surface area contributed by atoms with Crippen molar-refractivity contribution in [1.29, 1.82) is 0 Å². The van der Waals surface area contributed by atoms with Crippen LogP contribution in [0.1, 0.15) is 44.6 Å². The maximum Gasteiger partial charge on any atom is 0.225 e. The van der Waals surface area contributed by atoms with Crippen LogP contribution in [0.2, 0.25) is 0 Å². The predicted molar refractivity (Wildman–Crippen MR) is 121 cm³/mol. The Morgan fingerprint density at radius 1 is 1.27 bits per heavy atom. The van der Waals surface area contributed by atoms with E-state index in [4.69, 9.17) is 16.2 Å². The summed E-state index contributed by atoms with van der Waals surface area (Å²) in [6.07, 6.45) is 11.6. The van der Waals surface area contributed by atoms with E-state index in [9.17, 15) is 4.79 Å².